The van der Waals surface area contributed by atoms with Crippen molar-refractivity contribution in [1.82, 2.24) is 9.80 Å². The molecule has 3 unspecified atom stereocenters. The summed E-state index contributed by atoms with van der Waals surface area (Å²) >= 11 is 0. The maximum Gasteiger partial charge on any atom is 0.0460 e. The van der Waals surface area contributed by atoms with Crippen molar-refractivity contribution in [3.8, 4) is 0 Å². The molecule has 0 N–H and O–H groups in total. The second kappa shape index (κ2) is 3.83. The number of nitrogens with zero attached hydrogens (tertiary/aromatic N) is 2. The second-order valence-corrected chi connectivity index (χ2v) is 6.63. The molecule has 4 bridgehead atoms. The van der Waals surface area contributed by atoms with E-state index < -0.39 is 0 Å². The van der Waals surface area contributed by atoms with Crippen LogP contribution in [0.1, 0.15) is 32.1 Å². The zero-order valence-electron chi connectivity index (χ0n) is 10.9. The molecule has 3 heterocycles. The Bertz CT molecular complexity index is 349. The Labute approximate surface area is 105 Å². The van der Waals surface area contributed by atoms with Gasteiger partial charge in [-0.2, -0.15) is 0 Å². The minimum absolute atomic E-state index is 0.763. The Morgan fingerprint density at radius 2 is 2.18 bits per heavy atom. The maximum atomic E-state index is 2.82. The predicted molar refractivity (Wildman–Crippen MR) is 69.9 cm³/mol. The van der Waals surface area contributed by atoms with Gasteiger partial charge in [0.2, 0.25) is 0 Å². The Morgan fingerprint density at radius 1 is 1.24 bits per heavy atom. The van der Waals surface area contributed by atoms with E-state index in [1.807, 2.05) is 0 Å². The summed E-state index contributed by atoms with van der Waals surface area (Å²) in [6, 6.07) is 1.61. The maximum absolute atomic E-state index is 2.82. The molecule has 0 aromatic carbocycles. The number of hydrogen-bond acceptors (Lipinski definition) is 2. The van der Waals surface area contributed by atoms with E-state index in [2.05, 4.69) is 22.9 Å². The van der Waals surface area contributed by atoms with E-state index in [0.717, 1.165) is 23.9 Å². The van der Waals surface area contributed by atoms with Gasteiger partial charge in [0.05, 0.1) is 0 Å². The molecule has 2 heteroatoms. The first-order valence-electron chi connectivity index (χ1n) is 7.48. The molecule has 17 heavy (non-hydrogen) atoms. The van der Waals surface area contributed by atoms with Gasteiger partial charge in [0.25, 0.3) is 0 Å². The molecule has 0 spiro atoms. The summed E-state index contributed by atoms with van der Waals surface area (Å²) < 4.78 is 0. The molecule has 1 aliphatic carbocycles. The van der Waals surface area contributed by atoms with E-state index >= 15 is 0 Å². The van der Waals surface area contributed by atoms with Crippen LogP contribution in [0.3, 0.4) is 0 Å². The summed E-state index contributed by atoms with van der Waals surface area (Å²) in [5.41, 5.74) is 1.79. The minimum atomic E-state index is 0.763. The zero-order chi connectivity index (χ0) is 11.4. The Hall–Kier alpha value is -0.340. The first kappa shape index (κ1) is 10.6. The third-order valence-electron chi connectivity index (χ3n) is 5.70. The third kappa shape index (κ3) is 1.53. The highest BCUT2D eigenvalue weighted by Gasteiger charge is 2.46. The van der Waals surface area contributed by atoms with E-state index in [1.165, 1.54) is 51.7 Å². The lowest BCUT2D eigenvalue weighted by molar-refractivity contribution is -0.00952. The molecule has 94 valence electrons. The van der Waals surface area contributed by atoms with Gasteiger partial charge in [0.1, 0.15) is 0 Å². The van der Waals surface area contributed by atoms with Crippen LogP contribution in [0.25, 0.3) is 0 Å². The summed E-state index contributed by atoms with van der Waals surface area (Å²) in [7, 11) is 2.34. The second-order valence-electron chi connectivity index (χ2n) is 6.63. The highest BCUT2D eigenvalue weighted by Crippen LogP contribution is 2.44. The van der Waals surface area contributed by atoms with Gasteiger partial charge in [-0.1, -0.05) is 11.6 Å². The average Bonchev–Trinajstić information content (AvgIpc) is 2.37. The Morgan fingerprint density at radius 3 is 3.12 bits per heavy atom. The lowest BCUT2D eigenvalue weighted by atomic mass is 9.68. The number of likely N-dealkylation sites (N-methyl/N-ethyl adjacent to an activating group) is 1. The standard InChI is InChI=1S/C15H24N2/c1-16-6-2-4-11-8-13-9-14(15(11)16)17-7-3-5-12(13)10-17/h8,12-15H,2-7,9-10H2,1H3/t12-,13?,14?,15+/m0/s1. The average molecular weight is 232 g/mol. The number of likely N-dealkylation sites (tertiary alicyclic amines) is 1. The number of hydrogen-bond donors (Lipinski definition) is 0. The summed E-state index contributed by atoms with van der Waals surface area (Å²) in [5, 5.41) is 0. The van der Waals surface area contributed by atoms with E-state index in [9.17, 15) is 0 Å². The molecule has 3 saturated heterocycles. The van der Waals surface area contributed by atoms with Crippen LogP contribution < -0.4 is 0 Å². The highest BCUT2D eigenvalue weighted by atomic mass is 15.3. The Kier molecular flexibility index (Phi) is 2.38. The van der Waals surface area contributed by atoms with Crippen molar-refractivity contribution in [2.24, 2.45) is 11.8 Å². The van der Waals surface area contributed by atoms with Gasteiger partial charge < -0.3 is 0 Å². The van der Waals surface area contributed by atoms with Crippen LogP contribution in [0.4, 0.5) is 0 Å². The number of rotatable bonds is 0. The monoisotopic (exact) mass is 232 g/mol. The summed E-state index contributed by atoms with van der Waals surface area (Å²) in [4.78, 5) is 5.45. The van der Waals surface area contributed by atoms with Crippen molar-refractivity contribution in [1.29, 1.82) is 0 Å². The van der Waals surface area contributed by atoms with Gasteiger partial charge >= 0.3 is 0 Å². The van der Waals surface area contributed by atoms with E-state index in [4.69, 9.17) is 0 Å². The first-order valence-corrected chi connectivity index (χ1v) is 7.48. The van der Waals surface area contributed by atoms with Crippen LogP contribution in [0.15, 0.2) is 11.6 Å². The summed E-state index contributed by atoms with van der Waals surface area (Å²) in [6.07, 6.45) is 9.83. The third-order valence-corrected chi connectivity index (χ3v) is 5.70. The van der Waals surface area contributed by atoms with Gasteiger partial charge in [-0.25, -0.2) is 0 Å². The molecule has 3 aliphatic heterocycles. The minimum Gasteiger partial charge on any atom is -0.298 e. The fourth-order valence-corrected chi connectivity index (χ4v) is 4.94. The zero-order valence-corrected chi connectivity index (χ0v) is 10.9. The van der Waals surface area contributed by atoms with Gasteiger partial charge in [0, 0.05) is 18.6 Å². The number of piperidine rings is 3. The molecule has 0 amide bonds. The Balaban J connectivity index is 1.73. The van der Waals surface area contributed by atoms with Crippen LogP contribution in [-0.4, -0.2) is 48.6 Å². The molecule has 5 atom stereocenters. The van der Waals surface area contributed by atoms with Crippen LogP contribution in [0.2, 0.25) is 0 Å². The van der Waals surface area contributed by atoms with Crippen LogP contribution in [-0.2, 0) is 0 Å². The van der Waals surface area contributed by atoms with Gasteiger partial charge in [-0.05, 0) is 64.1 Å². The lowest BCUT2D eigenvalue weighted by Crippen LogP contribution is -2.61. The summed E-state index contributed by atoms with van der Waals surface area (Å²) in [5.74, 6) is 1.91. The molecule has 0 aromatic heterocycles. The molecular weight excluding hydrogens is 208 g/mol. The normalized spacial score (nSPS) is 49.5. The number of allylic oxidation sites excluding steroid dienone is 1. The van der Waals surface area contributed by atoms with E-state index in [-0.39, 0.29) is 0 Å². The molecule has 0 aromatic rings. The fourth-order valence-electron chi connectivity index (χ4n) is 4.94. The van der Waals surface area contributed by atoms with E-state index in [0.29, 0.717) is 0 Å². The number of fused-ring (bicyclic) bond motifs is 8. The van der Waals surface area contributed by atoms with Crippen molar-refractivity contribution >= 4 is 0 Å². The molecule has 0 radical (unpaired) electrons. The molecule has 3 fully saturated rings. The van der Waals surface area contributed by atoms with Crippen molar-refractivity contribution in [2.75, 3.05) is 26.7 Å². The van der Waals surface area contributed by atoms with Crippen molar-refractivity contribution < 1.29 is 0 Å². The smallest absolute Gasteiger partial charge is 0.0460 e. The molecular formula is C15H24N2. The molecule has 4 rings (SSSR count). The fraction of sp³-hybridized carbons (Fsp3) is 0.867. The highest BCUT2D eigenvalue weighted by molar-refractivity contribution is 5.25. The molecule has 0 saturated carbocycles. The van der Waals surface area contributed by atoms with Gasteiger partial charge in [-0.3, -0.25) is 9.80 Å². The van der Waals surface area contributed by atoms with Gasteiger partial charge in [-0.15, -0.1) is 0 Å². The van der Waals surface area contributed by atoms with Crippen molar-refractivity contribution in [3.05, 3.63) is 11.6 Å². The van der Waals surface area contributed by atoms with Crippen molar-refractivity contribution in [2.45, 2.75) is 44.2 Å². The molecule has 4 aliphatic rings. The van der Waals surface area contributed by atoms with Crippen LogP contribution >= 0.6 is 0 Å². The topological polar surface area (TPSA) is 6.48 Å². The SMILES string of the molecule is CN1CCCC2=CC3CC([C@@H]21)N1CCC[C@H]3C1. The van der Waals surface area contributed by atoms with Gasteiger partial charge in [0.15, 0.2) is 0 Å². The molecule has 2 nitrogen and oxygen atoms in total. The van der Waals surface area contributed by atoms with Crippen LogP contribution in [0.5, 0.6) is 0 Å². The predicted octanol–water partition coefficient (Wildman–Crippen LogP) is 2.12. The van der Waals surface area contributed by atoms with E-state index in [1.54, 1.807) is 5.57 Å². The van der Waals surface area contributed by atoms with Crippen molar-refractivity contribution in [3.63, 3.8) is 0 Å². The first-order chi connectivity index (χ1) is 8.33. The summed E-state index contributed by atoms with van der Waals surface area (Å²) in [6.45, 7) is 4.06. The van der Waals surface area contributed by atoms with Crippen LogP contribution in [0, 0.1) is 11.8 Å². The lowest BCUT2D eigenvalue weighted by Gasteiger charge is -2.55. The largest absolute Gasteiger partial charge is 0.298 e. The quantitative estimate of drug-likeness (QED) is 0.590.